The van der Waals surface area contributed by atoms with Crippen molar-refractivity contribution in [2.24, 2.45) is 0 Å². The van der Waals surface area contributed by atoms with Crippen molar-refractivity contribution in [2.75, 3.05) is 7.11 Å². The van der Waals surface area contributed by atoms with E-state index in [9.17, 15) is 14.0 Å². The van der Waals surface area contributed by atoms with Gasteiger partial charge in [0.2, 0.25) is 5.95 Å². The van der Waals surface area contributed by atoms with E-state index >= 15 is 0 Å². The van der Waals surface area contributed by atoms with Crippen molar-refractivity contribution in [1.82, 2.24) is 14.8 Å². The first-order valence-corrected chi connectivity index (χ1v) is 5.82. The molecule has 6 nitrogen and oxygen atoms in total. The molecule has 0 fully saturated rings. The average molecular weight is 328 g/mol. The maximum absolute atomic E-state index is 13.0. The Balaban J connectivity index is 2.57. The van der Waals surface area contributed by atoms with Gasteiger partial charge in [0.15, 0.2) is 5.69 Å². The molecule has 98 valence electrons. The van der Waals surface area contributed by atoms with Gasteiger partial charge in [-0.2, -0.15) is 14.2 Å². The normalized spacial score (nSPS) is 10.3. The van der Waals surface area contributed by atoms with Crippen molar-refractivity contribution in [3.63, 3.8) is 0 Å². The third-order valence-corrected chi connectivity index (χ3v) is 2.78. The molecule has 2 heterocycles. The van der Waals surface area contributed by atoms with Gasteiger partial charge in [-0.05, 0) is 28.1 Å². The van der Waals surface area contributed by atoms with E-state index in [4.69, 9.17) is 0 Å². The lowest BCUT2D eigenvalue weighted by Gasteiger charge is -2.06. The minimum absolute atomic E-state index is 0.0393. The van der Waals surface area contributed by atoms with Crippen LogP contribution in [0.25, 0.3) is 5.69 Å². The van der Waals surface area contributed by atoms with Crippen LogP contribution < -0.4 is 5.56 Å². The molecule has 0 saturated carbocycles. The molecule has 0 aromatic carbocycles. The summed E-state index contributed by atoms with van der Waals surface area (Å²) in [5.41, 5.74) is -0.292. The summed E-state index contributed by atoms with van der Waals surface area (Å²) >= 11 is 2.96. The fraction of sp³-hybridized carbons (Fsp3) is 0.0909. The van der Waals surface area contributed by atoms with Crippen molar-refractivity contribution >= 4 is 21.9 Å². The second kappa shape index (κ2) is 5.27. The molecular formula is C11H7BrFN3O3. The number of carbonyl (C=O) groups is 1. The molecule has 0 saturated heterocycles. The van der Waals surface area contributed by atoms with Crippen molar-refractivity contribution in [3.05, 3.63) is 50.9 Å². The number of methoxy groups -OCH3 is 1. The van der Waals surface area contributed by atoms with E-state index in [-0.39, 0.29) is 15.9 Å². The van der Waals surface area contributed by atoms with E-state index in [0.717, 1.165) is 16.9 Å². The zero-order valence-electron chi connectivity index (χ0n) is 9.63. The van der Waals surface area contributed by atoms with E-state index in [0.29, 0.717) is 0 Å². The first-order chi connectivity index (χ1) is 9.02. The predicted molar refractivity (Wildman–Crippen MR) is 66.6 cm³/mol. The molecule has 0 N–H and O–H groups in total. The Morgan fingerprint density at radius 2 is 2.21 bits per heavy atom. The van der Waals surface area contributed by atoms with Gasteiger partial charge in [-0.3, -0.25) is 4.79 Å². The molecule has 2 aromatic rings. The van der Waals surface area contributed by atoms with Gasteiger partial charge in [0.25, 0.3) is 5.56 Å². The highest BCUT2D eigenvalue weighted by atomic mass is 79.9. The number of esters is 1. The molecule has 0 aliphatic rings. The van der Waals surface area contributed by atoms with Crippen LogP contribution in [0.1, 0.15) is 10.5 Å². The number of aromatic nitrogens is 3. The van der Waals surface area contributed by atoms with Crippen molar-refractivity contribution in [3.8, 4) is 5.69 Å². The number of nitrogens with zero attached hydrogens (tertiary/aromatic N) is 3. The third-order valence-electron chi connectivity index (χ3n) is 2.22. The smallest absolute Gasteiger partial charge is 0.358 e. The van der Waals surface area contributed by atoms with Crippen LogP contribution in [0.4, 0.5) is 4.39 Å². The highest BCUT2D eigenvalue weighted by Crippen LogP contribution is 2.15. The zero-order chi connectivity index (χ0) is 14.0. The Kier molecular flexibility index (Phi) is 3.70. The lowest BCUT2D eigenvalue weighted by molar-refractivity contribution is 0.0591. The van der Waals surface area contributed by atoms with Crippen LogP contribution in [0.2, 0.25) is 0 Å². The van der Waals surface area contributed by atoms with Crippen molar-refractivity contribution < 1.29 is 13.9 Å². The molecule has 0 aliphatic heterocycles. The van der Waals surface area contributed by atoms with Crippen LogP contribution in [0.5, 0.6) is 0 Å². The maximum atomic E-state index is 13.0. The van der Waals surface area contributed by atoms with Crippen LogP contribution >= 0.6 is 15.9 Å². The maximum Gasteiger partial charge on any atom is 0.358 e. The predicted octanol–water partition coefficient (Wildman–Crippen LogP) is 1.32. The second-order valence-electron chi connectivity index (χ2n) is 3.43. The summed E-state index contributed by atoms with van der Waals surface area (Å²) in [4.78, 5) is 26.5. The molecule has 2 aromatic heterocycles. The zero-order valence-corrected chi connectivity index (χ0v) is 11.2. The van der Waals surface area contributed by atoms with Gasteiger partial charge < -0.3 is 4.74 Å². The number of pyridine rings is 1. The second-order valence-corrected chi connectivity index (χ2v) is 4.28. The van der Waals surface area contributed by atoms with E-state index in [2.05, 4.69) is 30.7 Å². The number of carbonyl (C=O) groups excluding carboxylic acids is 1. The van der Waals surface area contributed by atoms with E-state index in [1.54, 1.807) is 0 Å². The Labute approximate surface area is 115 Å². The Morgan fingerprint density at radius 1 is 1.47 bits per heavy atom. The monoisotopic (exact) mass is 327 g/mol. The Morgan fingerprint density at radius 3 is 2.84 bits per heavy atom. The average Bonchev–Trinajstić information content (AvgIpc) is 2.41. The summed E-state index contributed by atoms with van der Waals surface area (Å²) in [7, 11) is 1.20. The number of hydrogen-bond donors (Lipinski definition) is 0. The molecule has 0 unspecified atom stereocenters. The summed E-state index contributed by atoms with van der Waals surface area (Å²) in [5.74, 6) is -1.39. The van der Waals surface area contributed by atoms with Gasteiger partial charge in [-0.1, -0.05) is 0 Å². The molecule has 8 heteroatoms. The lowest BCUT2D eigenvalue weighted by Crippen LogP contribution is -2.23. The van der Waals surface area contributed by atoms with Crippen LogP contribution in [0, 0.1) is 5.95 Å². The largest absolute Gasteiger partial charge is 0.464 e. The minimum atomic E-state index is -0.707. The Hall–Kier alpha value is -2.09. The van der Waals surface area contributed by atoms with Crippen LogP contribution in [0.15, 0.2) is 33.7 Å². The van der Waals surface area contributed by atoms with Gasteiger partial charge >= 0.3 is 5.97 Å². The van der Waals surface area contributed by atoms with Crippen molar-refractivity contribution in [2.45, 2.75) is 0 Å². The molecule has 19 heavy (non-hydrogen) atoms. The lowest BCUT2D eigenvalue weighted by atomic mass is 10.3. The molecule has 0 amide bonds. The van der Waals surface area contributed by atoms with E-state index in [1.165, 1.54) is 19.2 Å². The summed E-state index contributed by atoms with van der Waals surface area (Å²) in [6.07, 6.45) is 1.13. The summed E-state index contributed by atoms with van der Waals surface area (Å²) in [6, 6.07) is 3.74. The third kappa shape index (κ3) is 2.68. The quantitative estimate of drug-likeness (QED) is 0.614. The van der Waals surface area contributed by atoms with Crippen LogP contribution in [0.3, 0.4) is 0 Å². The number of halogens is 2. The molecule has 0 spiro atoms. The fourth-order valence-corrected chi connectivity index (χ4v) is 1.67. The minimum Gasteiger partial charge on any atom is -0.464 e. The SMILES string of the molecule is COC(=O)c1ccc(=O)n(-c2cnc(F)c(Br)c2)n1. The summed E-state index contributed by atoms with van der Waals surface area (Å²) < 4.78 is 18.6. The molecule has 0 bridgehead atoms. The van der Waals surface area contributed by atoms with Gasteiger partial charge in [0.1, 0.15) is 0 Å². The van der Waals surface area contributed by atoms with Gasteiger partial charge in [-0.25, -0.2) is 9.78 Å². The van der Waals surface area contributed by atoms with Crippen molar-refractivity contribution in [1.29, 1.82) is 0 Å². The number of hydrogen-bond acceptors (Lipinski definition) is 5. The summed E-state index contributed by atoms with van der Waals surface area (Å²) in [6.45, 7) is 0. The standard InChI is InChI=1S/C11H7BrFN3O3/c1-19-11(18)8-2-3-9(17)16(15-8)6-4-7(12)10(13)14-5-6/h2-5H,1H3. The van der Waals surface area contributed by atoms with E-state index < -0.39 is 17.5 Å². The first kappa shape index (κ1) is 13.3. The number of rotatable bonds is 2. The van der Waals surface area contributed by atoms with Crippen LogP contribution in [-0.4, -0.2) is 27.8 Å². The highest BCUT2D eigenvalue weighted by Gasteiger charge is 2.11. The molecule has 2 rings (SSSR count). The Bertz CT molecular complexity index is 702. The molecule has 0 radical (unpaired) electrons. The molecular weight excluding hydrogens is 321 g/mol. The van der Waals surface area contributed by atoms with Gasteiger partial charge in [-0.15, -0.1) is 0 Å². The first-order valence-electron chi connectivity index (χ1n) is 5.03. The fourth-order valence-electron chi connectivity index (χ4n) is 1.34. The highest BCUT2D eigenvalue weighted by molar-refractivity contribution is 9.10. The summed E-state index contributed by atoms with van der Waals surface area (Å²) in [5, 5.41) is 3.83. The topological polar surface area (TPSA) is 74.1 Å². The van der Waals surface area contributed by atoms with E-state index in [1.807, 2.05) is 0 Å². The van der Waals surface area contributed by atoms with Gasteiger partial charge in [0.05, 0.1) is 23.5 Å². The van der Waals surface area contributed by atoms with Crippen LogP contribution in [-0.2, 0) is 4.74 Å². The number of ether oxygens (including phenoxy) is 1. The molecule has 0 atom stereocenters. The molecule has 0 aliphatic carbocycles. The van der Waals surface area contributed by atoms with Gasteiger partial charge in [0, 0.05) is 6.07 Å².